The van der Waals surface area contributed by atoms with Crippen LogP contribution in [0.1, 0.15) is 112 Å². The summed E-state index contributed by atoms with van der Waals surface area (Å²) in [5.74, 6) is 0.586. The largest absolute Gasteiger partial charge is 0.460 e. The summed E-state index contributed by atoms with van der Waals surface area (Å²) in [6, 6.07) is 0. The van der Waals surface area contributed by atoms with Gasteiger partial charge in [0.25, 0.3) is 0 Å². The smallest absolute Gasteiger partial charge is 0.417 e. The highest BCUT2D eigenvalue weighted by atomic mass is 19.4. The van der Waals surface area contributed by atoms with E-state index in [0.29, 0.717) is 24.2 Å². The van der Waals surface area contributed by atoms with E-state index in [2.05, 4.69) is 6.92 Å². The standard InChI is InChI=1S/C32H50F4O5/c1-19(26(18-33)40-27(37)7-6-8-28(38)41-29(2,3)4)24-11-12-25-23-10-9-20-17-31(39,32(34,35)36)16-14-21(20)22(23)13-15-30(24,25)5/h19-26,39H,6-18H2,1-5H3/t19-,20+,21-,22+,23+,24+,25-,26+,30+,31+/m0/s1. The highest BCUT2D eigenvalue weighted by molar-refractivity contribution is 5.72. The molecule has 0 unspecified atom stereocenters. The second-order valence-electron chi connectivity index (χ2n) is 14.9. The topological polar surface area (TPSA) is 72.8 Å². The lowest BCUT2D eigenvalue weighted by molar-refractivity contribution is -0.282. The second kappa shape index (κ2) is 12.0. The predicted octanol–water partition coefficient (Wildman–Crippen LogP) is 7.58. The van der Waals surface area contributed by atoms with Gasteiger partial charge in [-0.3, -0.25) is 9.59 Å². The maximum absolute atomic E-state index is 14.3. The van der Waals surface area contributed by atoms with E-state index in [-0.39, 0.29) is 67.2 Å². The van der Waals surface area contributed by atoms with Crippen molar-refractivity contribution in [3.8, 4) is 0 Å². The van der Waals surface area contributed by atoms with E-state index >= 15 is 0 Å². The molecule has 0 amide bonds. The van der Waals surface area contributed by atoms with Gasteiger partial charge in [0.1, 0.15) is 18.4 Å². The molecule has 41 heavy (non-hydrogen) atoms. The van der Waals surface area contributed by atoms with Crippen LogP contribution in [0, 0.1) is 46.8 Å². The molecule has 0 radical (unpaired) electrons. The number of ether oxygens (including phenoxy) is 2. The third-order valence-electron chi connectivity index (χ3n) is 11.4. The molecule has 236 valence electrons. The van der Waals surface area contributed by atoms with E-state index in [4.69, 9.17) is 9.47 Å². The molecule has 4 rings (SSSR count). The normalized spacial score (nSPS) is 38.7. The average molecular weight is 591 g/mol. The lowest BCUT2D eigenvalue weighted by Gasteiger charge is -2.57. The first kappa shape index (κ1) is 32.5. The first-order chi connectivity index (χ1) is 19.0. The zero-order chi connectivity index (χ0) is 30.4. The predicted molar refractivity (Wildman–Crippen MR) is 146 cm³/mol. The molecule has 1 N–H and O–H groups in total. The molecule has 4 saturated carbocycles. The van der Waals surface area contributed by atoms with Gasteiger partial charge >= 0.3 is 18.1 Å². The van der Waals surface area contributed by atoms with Crippen molar-refractivity contribution in [2.75, 3.05) is 6.67 Å². The molecule has 4 aliphatic rings. The van der Waals surface area contributed by atoms with E-state index in [1.54, 1.807) is 20.8 Å². The molecular formula is C32H50F4O5. The van der Waals surface area contributed by atoms with E-state index in [1.165, 1.54) is 0 Å². The van der Waals surface area contributed by atoms with Gasteiger partial charge in [-0.2, -0.15) is 13.2 Å². The van der Waals surface area contributed by atoms with Crippen LogP contribution in [0.5, 0.6) is 0 Å². The summed E-state index contributed by atoms with van der Waals surface area (Å²) in [5, 5.41) is 10.4. The maximum Gasteiger partial charge on any atom is 0.417 e. The van der Waals surface area contributed by atoms with E-state index < -0.39 is 36.1 Å². The third-order valence-corrected chi connectivity index (χ3v) is 11.4. The average Bonchev–Trinajstić information content (AvgIpc) is 3.22. The van der Waals surface area contributed by atoms with Crippen molar-refractivity contribution in [3.05, 3.63) is 0 Å². The Morgan fingerprint density at radius 3 is 2.22 bits per heavy atom. The summed E-state index contributed by atoms with van der Waals surface area (Å²) in [7, 11) is 0. The molecule has 0 spiro atoms. The van der Waals surface area contributed by atoms with Crippen molar-refractivity contribution in [2.24, 2.45) is 46.8 Å². The van der Waals surface area contributed by atoms with Crippen molar-refractivity contribution in [1.82, 2.24) is 0 Å². The molecule has 0 heterocycles. The second-order valence-corrected chi connectivity index (χ2v) is 14.9. The Bertz CT molecular complexity index is 947. The Labute approximate surface area is 242 Å². The highest BCUT2D eigenvalue weighted by Gasteiger charge is 2.62. The van der Waals surface area contributed by atoms with Crippen molar-refractivity contribution in [1.29, 1.82) is 0 Å². The Kier molecular flexibility index (Phi) is 9.48. The van der Waals surface area contributed by atoms with Crippen molar-refractivity contribution in [2.45, 2.75) is 135 Å². The molecule has 0 aromatic heterocycles. The minimum Gasteiger partial charge on any atom is -0.460 e. The maximum atomic E-state index is 14.3. The monoisotopic (exact) mass is 590 g/mol. The number of carbonyl (C=O) groups is 2. The van der Waals surface area contributed by atoms with Gasteiger partial charge in [-0.05, 0) is 132 Å². The summed E-state index contributed by atoms with van der Waals surface area (Å²) in [4.78, 5) is 24.5. The van der Waals surface area contributed by atoms with Crippen LogP contribution in [0.3, 0.4) is 0 Å². The summed E-state index contributed by atoms with van der Waals surface area (Å²) >= 11 is 0. The van der Waals surface area contributed by atoms with E-state index in [0.717, 1.165) is 38.5 Å². The number of rotatable bonds is 8. The summed E-state index contributed by atoms with van der Waals surface area (Å²) in [5.41, 5.74) is -3.16. The van der Waals surface area contributed by atoms with Gasteiger partial charge in [-0.1, -0.05) is 13.8 Å². The number of alkyl halides is 4. The minimum atomic E-state index is -4.58. The lowest BCUT2D eigenvalue weighted by Crippen LogP contribution is -2.55. The lowest BCUT2D eigenvalue weighted by atomic mass is 9.48. The number of hydrogen-bond acceptors (Lipinski definition) is 5. The highest BCUT2D eigenvalue weighted by Crippen LogP contribution is 2.66. The summed E-state index contributed by atoms with van der Waals surface area (Å²) in [6.07, 6.45) is 0.519. The zero-order valence-corrected chi connectivity index (χ0v) is 25.4. The van der Waals surface area contributed by atoms with Crippen molar-refractivity contribution < 1.29 is 41.7 Å². The van der Waals surface area contributed by atoms with Crippen LogP contribution in [0.4, 0.5) is 17.6 Å². The van der Waals surface area contributed by atoms with Gasteiger partial charge in [0.15, 0.2) is 5.60 Å². The quantitative estimate of drug-likeness (QED) is 0.233. The van der Waals surface area contributed by atoms with Crippen LogP contribution in [-0.2, 0) is 19.1 Å². The van der Waals surface area contributed by atoms with Crippen LogP contribution >= 0.6 is 0 Å². The van der Waals surface area contributed by atoms with Crippen LogP contribution in [0.2, 0.25) is 0 Å². The molecule has 4 aliphatic carbocycles. The minimum absolute atomic E-state index is 0.0225. The number of halogens is 4. The number of esters is 2. The van der Waals surface area contributed by atoms with Gasteiger partial charge in [-0.25, -0.2) is 4.39 Å². The number of fused-ring (bicyclic) bond motifs is 5. The van der Waals surface area contributed by atoms with E-state index in [1.807, 2.05) is 6.92 Å². The molecule has 5 nitrogen and oxygen atoms in total. The van der Waals surface area contributed by atoms with Crippen molar-refractivity contribution >= 4 is 11.9 Å². The molecule has 0 bridgehead atoms. The number of aliphatic hydroxyl groups is 1. The van der Waals surface area contributed by atoms with Crippen LogP contribution < -0.4 is 0 Å². The molecule has 10 atom stereocenters. The molecule has 4 fully saturated rings. The van der Waals surface area contributed by atoms with Gasteiger partial charge in [0, 0.05) is 12.8 Å². The summed E-state index contributed by atoms with van der Waals surface area (Å²) in [6.45, 7) is 8.88. The zero-order valence-electron chi connectivity index (χ0n) is 25.4. The van der Waals surface area contributed by atoms with Crippen LogP contribution in [0.15, 0.2) is 0 Å². The van der Waals surface area contributed by atoms with Gasteiger partial charge in [0.2, 0.25) is 0 Å². The molecular weight excluding hydrogens is 540 g/mol. The molecule has 0 aliphatic heterocycles. The fourth-order valence-corrected chi connectivity index (χ4v) is 9.58. The van der Waals surface area contributed by atoms with Crippen molar-refractivity contribution in [3.63, 3.8) is 0 Å². The van der Waals surface area contributed by atoms with Gasteiger partial charge < -0.3 is 14.6 Å². The van der Waals surface area contributed by atoms with Gasteiger partial charge in [0.05, 0.1) is 0 Å². The Morgan fingerprint density at radius 1 is 0.927 bits per heavy atom. The molecule has 0 aromatic carbocycles. The Balaban J connectivity index is 1.34. The molecule has 0 saturated heterocycles. The van der Waals surface area contributed by atoms with Crippen LogP contribution in [0.25, 0.3) is 0 Å². The number of hydrogen-bond donors (Lipinski definition) is 1. The fraction of sp³-hybridized carbons (Fsp3) is 0.938. The fourth-order valence-electron chi connectivity index (χ4n) is 9.58. The van der Waals surface area contributed by atoms with Crippen LogP contribution in [-0.4, -0.2) is 47.2 Å². The molecule has 9 heteroatoms. The van der Waals surface area contributed by atoms with Gasteiger partial charge in [-0.15, -0.1) is 0 Å². The third kappa shape index (κ3) is 6.75. The Hall–Kier alpha value is -1.38. The SMILES string of the molecule is C[C@@H]([C@H]1CC[C@H]2[C@@H]3CC[C@@H]4C[C@@](O)(C(F)(F)F)CC[C@@H]4[C@H]3CC[C@]12C)[C@@H](CF)OC(=O)CCCC(=O)OC(C)(C)C. The van der Waals surface area contributed by atoms with E-state index in [9.17, 15) is 32.3 Å². The first-order valence-corrected chi connectivity index (χ1v) is 15.8. The number of carbonyl (C=O) groups excluding carboxylic acids is 2. The summed E-state index contributed by atoms with van der Waals surface area (Å²) < 4.78 is 65.8. The Morgan fingerprint density at radius 2 is 1.59 bits per heavy atom. The molecule has 0 aromatic rings. The first-order valence-electron chi connectivity index (χ1n) is 15.8.